The Kier molecular flexibility index (Phi) is 8.03. The highest BCUT2D eigenvalue weighted by atomic mass is 32.1. The van der Waals surface area contributed by atoms with Gasteiger partial charge in [0.1, 0.15) is 0 Å². The SMILES string of the molecule is N[C@@H](CS)C(=O)C(/C=C\c1ccc2ccccc2c1)C(O)CCCC(=O)O. The van der Waals surface area contributed by atoms with E-state index in [1.807, 2.05) is 42.5 Å². The van der Waals surface area contributed by atoms with E-state index < -0.39 is 24.0 Å². The molecule has 2 rings (SSSR count). The first-order chi connectivity index (χ1) is 12.9. The van der Waals surface area contributed by atoms with E-state index in [0.29, 0.717) is 6.42 Å². The molecule has 0 saturated heterocycles. The molecule has 0 heterocycles. The zero-order chi connectivity index (χ0) is 19.8. The number of rotatable bonds is 10. The van der Waals surface area contributed by atoms with Crippen molar-refractivity contribution in [2.45, 2.75) is 31.4 Å². The van der Waals surface area contributed by atoms with Crippen LogP contribution in [0.1, 0.15) is 24.8 Å². The monoisotopic (exact) mass is 387 g/mol. The topological polar surface area (TPSA) is 101 Å². The lowest BCUT2D eigenvalue weighted by Crippen LogP contribution is -2.41. The van der Waals surface area contributed by atoms with Gasteiger partial charge in [0.2, 0.25) is 0 Å². The van der Waals surface area contributed by atoms with Crippen LogP contribution in [0.25, 0.3) is 16.8 Å². The smallest absolute Gasteiger partial charge is 0.303 e. The summed E-state index contributed by atoms with van der Waals surface area (Å²) in [7, 11) is 0. The van der Waals surface area contributed by atoms with Crippen molar-refractivity contribution in [2.24, 2.45) is 11.7 Å². The summed E-state index contributed by atoms with van der Waals surface area (Å²) in [5.74, 6) is -1.85. The molecular formula is C21H25NO4S. The second kappa shape index (κ2) is 10.3. The number of nitrogens with two attached hydrogens (primary N) is 1. The number of Topliss-reactive ketones (excluding diaryl/α,β-unsaturated/α-hetero) is 1. The second-order valence-electron chi connectivity index (χ2n) is 6.54. The standard InChI is InChI=1S/C21H25NO4S/c22-18(13-27)21(26)17(19(23)6-3-7-20(24)25)11-9-14-8-10-15-4-1-2-5-16(15)12-14/h1-2,4-5,8-12,17-19,23,27H,3,6-7,13,22H2,(H,24,25)/b11-9-/t17?,18-,19?/m0/s1. The molecule has 6 heteroatoms. The Bertz CT molecular complexity index is 821. The summed E-state index contributed by atoms with van der Waals surface area (Å²) < 4.78 is 0. The number of thiol groups is 1. The minimum Gasteiger partial charge on any atom is -0.481 e. The number of carbonyl (C=O) groups excluding carboxylic acids is 1. The van der Waals surface area contributed by atoms with Crippen molar-refractivity contribution >= 4 is 41.2 Å². The van der Waals surface area contributed by atoms with Crippen LogP contribution >= 0.6 is 12.6 Å². The number of carboxylic acids is 1. The van der Waals surface area contributed by atoms with E-state index in [1.54, 1.807) is 12.2 Å². The van der Waals surface area contributed by atoms with Gasteiger partial charge in [-0.25, -0.2) is 0 Å². The molecule has 144 valence electrons. The van der Waals surface area contributed by atoms with E-state index in [0.717, 1.165) is 16.3 Å². The van der Waals surface area contributed by atoms with E-state index in [2.05, 4.69) is 12.6 Å². The Labute approximate surface area is 164 Å². The highest BCUT2D eigenvalue weighted by Gasteiger charge is 2.27. The zero-order valence-corrected chi connectivity index (χ0v) is 15.9. The number of hydrogen-bond acceptors (Lipinski definition) is 5. The normalized spacial score (nSPS) is 14.9. The summed E-state index contributed by atoms with van der Waals surface area (Å²) in [6.07, 6.45) is 2.91. The van der Waals surface area contributed by atoms with Crippen molar-refractivity contribution in [1.82, 2.24) is 0 Å². The molecule has 2 aromatic carbocycles. The molecule has 5 nitrogen and oxygen atoms in total. The first kappa shape index (κ1) is 21.2. The number of fused-ring (bicyclic) bond motifs is 1. The van der Waals surface area contributed by atoms with Crippen LogP contribution < -0.4 is 5.73 Å². The van der Waals surface area contributed by atoms with Gasteiger partial charge in [-0.2, -0.15) is 12.6 Å². The third-order valence-electron chi connectivity index (χ3n) is 4.47. The van der Waals surface area contributed by atoms with E-state index >= 15 is 0 Å². The van der Waals surface area contributed by atoms with Gasteiger partial charge in [-0.05, 0) is 35.2 Å². The third-order valence-corrected chi connectivity index (χ3v) is 4.86. The largest absolute Gasteiger partial charge is 0.481 e. The number of aliphatic hydroxyl groups is 1. The predicted octanol–water partition coefficient (Wildman–Crippen LogP) is 2.91. The van der Waals surface area contributed by atoms with Gasteiger partial charge in [0.15, 0.2) is 5.78 Å². The first-order valence-corrected chi connectivity index (χ1v) is 9.52. The van der Waals surface area contributed by atoms with Crippen LogP contribution in [0, 0.1) is 5.92 Å². The lowest BCUT2D eigenvalue weighted by Gasteiger charge is -2.21. The number of aliphatic hydroxyl groups excluding tert-OH is 1. The molecule has 0 radical (unpaired) electrons. The van der Waals surface area contributed by atoms with Gasteiger partial charge in [-0.1, -0.05) is 48.6 Å². The Hall–Kier alpha value is -2.15. The van der Waals surface area contributed by atoms with Crippen molar-refractivity contribution in [3.8, 4) is 0 Å². The van der Waals surface area contributed by atoms with Crippen LogP contribution in [-0.4, -0.2) is 39.9 Å². The number of carboxylic acid groups (broad SMARTS) is 1. The Balaban J connectivity index is 2.19. The fraction of sp³-hybridized carbons (Fsp3) is 0.333. The third kappa shape index (κ3) is 6.20. The van der Waals surface area contributed by atoms with Crippen molar-refractivity contribution in [1.29, 1.82) is 0 Å². The summed E-state index contributed by atoms with van der Waals surface area (Å²) in [4.78, 5) is 23.2. The van der Waals surface area contributed by atoms with Crippen molar-refractivity contribution < 1.29 is 19.8 Å². The molecule has 0 aromatic heterocycles. The number of aliphatic carboxylic acids is 1. The maximum Gasteiger partial charge on any atom is 0.303 e. The highest BCUT2D eigenvalue weighted by molar-refractivity contribution is 7.80. The van der Waals surface area contributed by atoms with Gasteiger partial charge in [-0.3, -0.25) is 9.59 Å². The van der Waals surface area contributed by atoms with Crippen molar-refractivity contribution in [3.05, 3.63) is 54.1 Å². The molecule has 0 bridgehead atoms. The molecule has 0 amide bonds. The molecule has 2 unspecified atom stereocenters. The Morgan fingerprint density at radius 3 is 2.52 bits per heavy atom. The Morgan fingerprint density at radius 1 is 1.15 bits per heavy atom. The molecule has 0 spiro atoms. The maximum atomic E-state index is 12.5. The molecule has 3 atom stereocenters. The van der Waals surface area contributed by atoms with Gasteiger partial charge in [0.05, 0.1) is 18.1 Å². The van der Waals surface area contributed by atoms with Crippen LogP contribution in [0.4, 0.5) is 0 Å². The lowest BCUT2D eigenvalue weighted by molar-refractivity contribution is -0.137. The molecular weight excluding hydrogens is 362 g/mol. The fourth-order valence-electron chi connectivity index (χ4n) is 2.92. The fourth-order valence-corrected chi connectivity index (χ4v) is 3.10. The quantitative estimate of drug-likeness (QED) is 0.470. The van der Waals surface area contributed by atoms with E-state index in [9.17, 15) is 14.7 Å². The van der Waals surface area contributed by atoms with Crippen molar-refractivity contribution in [2.75, 3.05) is 5.75 Å². The zero-order valence-electron chi connectivity index (χ0n) is 15.0. The van der Waals surface area contributed by atoms with E-state index in [-0.39, 0.29) is 24.4 Å². The van der Waals surface area contributed by atoms with E-state index in [4.69, 9.17) is 10.8 Å². The van der Waals surface area contributed by atoms with Crippen LogP contribution in [0.2, 0.25) is 0 Å². The van der Waals surface area contributed by atoms with Crippen LogP contribution in [-0.2, 0) is 9.59 Å². The van der Waals surface area contributed by atoms with Gasteiger partial charge in [0.25, 0.3) is 0 Å². The maximum absolute atomic E-state index is 12.5. The molecule has 27 heavy (non-hydrogen) atoms. The molecule has 4 N–H and O–H groups in total. The average Bonchev–Trinajstić information content (AvgIpc) is 2.66. The van der Waals surface area contributed by atoms with Crippen LogP contribution in [0.3, 0.4) is 0 Å². The molecule has 0 aliphatic rings. The minimum atomic E-state index is -0.987. The van der Waals surface area contributed by atoms with Gasteiger partial charge < -0.3 is 15.9 Å². The molecule has 0 fully saturated rings. The van der Waals surface area contributed by atoms with Crippen molar-refractivity contribution in [3.63, 3.8) is 0 Å². The summed E-state index contributed by atoms with van der Waals surface area (Å²) in [6.45, 7) is 0. The average molecular weight is 388 g/mol. The number of carbonyl (C=O) groups is 2. The molecule has 0 saturated carbocycles. The highest BCUT2D eigenvalue weighted by Crippen LogP contribution is 2.20. The first-order valence-electron chi connectivity index (χ1n) is 8.89. The summed E-state index contributed by atoms with van der Waals surface area (Å²) >= 11 is 4.06. The molecule has 2 aromatic rings. The number of ketones is 1. The van der Waals surface area contributed by atoms with Gasteiger partial charge in [-0.15, -0.1) is 0 Å². The summed E-state index contributed by atoms with van der Waals surface area (Å²) in [6, 6.07) is 13.1. The number of benzene rings is 2. The Morgan fingerprint density at radius 2 is 1.85 bits per heavy atom. The summed E-state index contributed by atoms with van der Waals surface area (Å²) in [5, 5.41) is 21.4. The lowest BCUT2D eigenvalue weighted by atomic mass is 9.89. The molecule has 0 aliphatic carbocycles. The molecule has 0 aliphatic heterocycles. The predicted molar refractivity (Wildman–Crippen MR) is 111 cm³/mol. The van der Waals surface area contributed by atoms with E-state index in [1.165, 1.54) is 0 Å². The second-order valence-corrected chi connectivity index (χ2v) is 6.90. The van der Waals surface area contributed by atoms with Gasteiger partial charge in [0, 0.05) is 12.2 Å². The number of hydrogen-bond donors (Lipinski definition) is 4. The van der Waals surface area contributed by atoms with Crippen LogP contribution in [0.15, 0.2) is 48.5 Å². The van der Waals surface area contributed by atoms with Gasteiger partial charge >= 0.3 is 5.97 Å². The summed E-state index contributed by atoms with van der Waals surface area (Å²) in [5.41, 5.74) is 6.72. The van der Waals surface area contributed by atoms with Crippen LogP contribution in [0.5, 0.6) is 0 Å². The minimum absolute atomic E-state index is 0.0506.